The molecular weight excluding hydrogens is 423 g/mol. The number of pyridine rings is 1. The molecule has 3 aromatic heterocycles. The van der Waals surface area contributed by atoms with Gasteiger partial charge in [-0.1, -0.05) is 6.07 Å². The molecule has 4 aromatic rings. The largest absolute Gasteiger partial charge is 0.573 e. The Hall–Kier alpha value is -3.60. The number of aromatic nitrogens is 5. The molecule has 0 amide bonds. The first-order valence-corrected chi connectivity index (χ1v) is 10.1. The average Bonchev–Trinajstić information content (AvgIpc) is 3.47. The monoisotopic (exact) mass is 443 g/mol. The van der Waals surface area contributed by atoms with E-state index in [9.17, 15) is 13.2 Å². The predicted octanol–water partition coefficient (Wildman–Crippen LogP) is 3.49. The standard InChI is InChI=1S/C21H20F3N7O/c1-30-11-13(9-27-30)15-7-17-16(8-18(15)32-21(22,23)24)26-12-31(17)20-4-2-3-19(29-20)28-14-5-6-25-10-14/h2-4,7-9,11-12,14,25H,5-6,10H2,1H3,(H,28,29). The van der Waals surface area contributed by atoms with Gasteiger partial charge < -0.3 is 15.4 Å². The normalized spacial score (nSPS) is 16.6. The van der Waals surface area contributed by atoms with Gasteiger partial charge in [-0.05, 0) is 31.2 Å². The van der Waals surface area contributed by atoms with Crippen molar-refractivity contribution < 1.29 is 17.9 Å². The van der Waals surface area contributed by atoms with Crippen molar-refractivity contribution in [1.82, 2.24) is 29.6 Å². The SMILES string of the molecule is Cn1cc(-c2cc3c(cc2OC(F)(F)F)ncn3-c2cccc(NC3CCNC3)n2)cn1. The number of hydrogen-bond acceptors (Lipinski definition) is 6. The molecule has 1 aromatic carbocycles. The van der Waals surface area contributed by atoms with E-state index in [1.54, 1.807) is 23.9 Å². The van der Waals surface area contributed by atoms with Crippen LogP contribution in [0.3, 0.4) is 0 Å². The Morgan fingerprint density at radius 3 is 2.84 bits per heavy atom. The van der Waals surface area contributed by atoms with Crippen LogP contribution in [0.1, 0.15) is 6.42 Å². The summed E-state index contributed by atoms with van der Waals surface area (Å²) in [6, 6.07) is 8.79. The fraction of sp³-hybridized carbons (Fsp3) is 0.286. The lowest BCUT2D eigenvalue weighted by atomic mass is 10.1. The van der Waals surface area contributed by atoms with Gasteiger partial charge in [0.2, 0.25) is 0 Å². The van der Waals surface area contributed by atoms with Gasteiger partial charge in [-0.15, -0.1) is 13.2 Å². The van der Waals surface area contributed by atoms with Crippen molar-refractivity contribution in [3.63, 3.8) is 0 Å². The first kappa shape index (κ1) is 20.3. The van der Waals surface area contributed by atoms with Crippen LogP contribution in [0.15, 0.2) is 49.1 Å². The van der Waals surface area contributed by atoms with Crippen molar-refractivity contribution in [3.8, 4) is 22.7 Å². The van der Waals surface area contributed by atoms with Crippen LogP contribution in [0.25, 0.3) is 28.0 Å². The molecule has 0 aliphatic carbocycles. The van der Waals surface area contributed by atoms with Crippen molar-refractivity contribution in [2.45, 2.75) is 18.8 Å². The topological polar surface area (TPSA) is 81.8 Å². The number of fused-ring (bicyclic) bond motifs is 1. The predicted molar refractivity (Wildman–Crippen MR) is 113 cm³/mol. The second-order valence-electron chi connectivity index (χ2n) is 7.62. The summed E-state index contributed by atoms with van der Waals surface area (Å²) in [5.74, 6) is 0.994. The van der Waals surface area contributed by atoms with E-state index in [4.69, 9.17) is 0 Å². The third-order valence-electron chi connectivity index (χ3n) is 5.28. The van der Waals surface area contributed by atoms with Gasteiger partial charge >= 0.3 is 6.36 Å². The molecule has 1 aliphatic heterocycles. The maximum absolute atomic E-state index is 13.0. The van der Waals surface area contributed by atoms with Gasteiger partial charge in [-0.3, -0.25) is 9.25 Å². The molecule has 1 atom stereocenters. The van der Waals surface area contributed by atoms with E-state index in [-0.39, 0.29) is 11.3 Å². The van der Waals surface area contributed by atoms with E-state index >= 15 is 0 Å². The Kier molecular flexibility index (Phi) is 4.97. The molecule has 4 heterocycles. The molecule has 1 fully saturated rings. The van der Waals surface area contributed by atoms with Crippen LogP contribution in [0.5, 0.6) is 5.75 Å². The van der Waals surface area contributed by atoms with Crippen molar-refractivity contribution in [3.05, 3.63) is 49.1 Å². The zero-order valence-corrected chi connectivity index (χ0v) is 17.1. The van der Waals surface area contributed by atoms with Crippen LogP contribution in [0.2, 0.25) is 0 Å². The second-order valence-corrected chi connectivity index (χ2v) is 7.62. The Balaban J connectivity index is 1.58. The summed E-state index contributed by atoms with van der Waals surface area (Å²) in [5, 5.41) is 10.8. The van der Waals surface area contributed by atoms with Gasteiger partial charge in [0, 0.05) is 43.0 Å². The minimum absolute atomic E-state index is 0.260. The summed E-state index contributed by atoms with van der Waals surface area (Å²) in [5.41, 5.74) is 1.72. The lowest BCUT2D eigenvalue weighted by Crippen LogP contribution is -2.22. The van der Waals surface area contributed by atoms with E-state index in [1.165, 1.54) is 23.3 Å². The number of nitrogens with zero attached hydrogens (tertiary/aromatic N) is 5. The lowest BCUT2D eigenvalue weighted by molar-refractivity contribution is -0.274. The summed E-state index contributed by atoms with van der Waals surface area (Å²) in [7, 11) is 1.69. The molecule has 32 heavy (non-hydrogen) atoms. The molecule has 11 heteroatoms. The first-order chi connectivity index (χ1) is 15.4. The highest BCUT2D eigenvalue weighted by molar-refractivity contribution is 5.87. The number of aryl methyl sites for hydroxylation is 1. The Morgan fingerprint density at radius 2 is 2.12 bits per heavy atom. The fourth-order valence-electron chi connectivity index (χ4n) is 3.84. The van der Waals surface area contributed by atoms with Gasteiger partial charge in [-0.25, -0.2) is 9.97 Å². The number of rotatable bonds is 5. The van der Waals surface area contributed by atoms with Gasteiger partial charge in [-0.2, -0.15) is 5.10 Å². The molecular formula is C21H20F3N7O. The van der Waals surface area contributed by atoms with E-state index in [1.807, 2.05) is 18.2 Å². The molecule has 0 radical (unpaired) electrons. The van der Waals surface area contributed by atoms with E-state index in [0.29, 0.717) is 28.5 Å². The number of ether oxygens (including phenoxy) is 1. The molecule has 2 N–H and O–H groups in total. The number of nitrogens with one attached hydrogen (secondary N) is 2. The lowest BCUT2D eigenvalue weighted by Gasteiger charge is -2.14. The molecule has 1 aliphatic rings. The van der Waals surface area contributed by atoms with Gasteiger partial charge in [0.1, 0.15) is 23.7 Å². The van der Waals surface area contributed by atoms with Crippen molar-refractivity contribution in [1.29, 1.82) is 0 Å². The minimum atomic E-state index is -4.83. The highest BCUT2D eigenvalue weighted by Crippen LogP contribution is 2.37. The number of imidazole rings is 1. The molecule has 1 saturated heterocycles. The highest BCUT2D eigenvalue weighted by Gasteiger charge is 2.33. The van der Waals surface area contributed by atoms with Gasteiger partial charge in [0.05, 0.1) is 17.2 Å². The van der Waals surface area contributed by atoms with Crippen molar-refractivity contribution >= 4 is 16.9 Å². The quantitative estimate of drug-likeness (QED) is 0.492. The van der Waals surface area contributed by atoms with E-state index in [0.717, 1.165) is 25.3 Å². The molecule has 0 bridgehead atoms. The average molecular weight is 443 g/mol. The van der Waals surface area contributed by atoms with E-state index in [2.05, 4.69) is 30.4 Å². The molecule has 1 unspecified atom stereocenters. The number of alkyl halides is 3. The Morgan fingerprint density at radius 1 is 1.25 bits per heavy atom. The molecule has 5 rings (SSSR count). The van der Waals surface area contributed by atoms with Crippen molar-refractivity contribution in [2.24, 2.45) is 7.05 Å². The molecule has 0 spiro atoms. The molecule has 166 valence electrons. The van der Waals surface area contributed by atoms with E-state index < -0.39 is 6.36 Å². The number of benzene rings is 1. The summed E-state index contributed by atoms with van der Waals surface area (Å²) in [6.07, 6.45) is 0.839. The highest BCUT2D eigenvalue weighted by atomic mass is 19.4. The van der Waals surface area contributed by atoms with Crippen LogP contribution in [-0.4, -0.2) is 49.8 Å². The maximum Gasteiger partial charge on any atom is 0.573 e. The molecule has 0 saturated carbocycles. The van der Waals surface area contributed by atoms with Crippen LogP contribution < -0.4 is 15.4 Å². The fourth-order valence-corrected chi connectivity index (χ4v) is 3.84. The van der Waals surface area contributed by atoms with Gasteiger partial charge in [0.15, 0.2) is 0 Å². The third-order valence-corrected chi connectivity index (χ3v) is 5.28. The van der Waals surface area contributed by atoms with Gasteiger partial charge in [0.25, 0.3) is 0 Å². The summed E-state index contributed by atoms with van der Waals surface area (Å²) < 4.78 is 46.7. The van der Waals surface area contributed by atoms with Crippen LogP contribution in [0.4, 0.5) is 19.0 Å². The number of hydrogen-bond donors (Lipinski definition) is 2. The van der Waals surface area contributed by atoms with Crippen molar-refractivity contribution in [2.75, 3.05) is 18.4 Å². The number of anilines is 1. The summed E-state index contributed by atoms with van der Waals surface area (Å²) in [6.45, 7) is 1.83. The Labute approximate surface area is 181 Å². The summed E-state index contributed by atoms with van der Waals surface area (Å²) >= 11 is 0. The zero-order chi connectivity index (χ0) is 22.3. The maximum atomic E-state index is 13.0. The first-order valence-electron chi connectivity index (χ1n) is 10.1. The summed E-state index contributed by atoms with van der Waals surface area (Å²) in [4.78, 5) is 8.96. The van der Waals surface area contributed by atoms with Crippen LogP contribution in [-0.2, 0) is 7.05 Å². The Bertz CT molecular complexity index is 1260. The van der Waals surface area contributed by atoms with Crippen LogP contribution in [0, 0.1) is 0 Å². The smallest absolute Gasteiger partial charge is 0.405 e. The minimum Gasteiger partial charge on any atom is -0.405 e. The zero-order valence-electron chi connectivity index (χ0n) is 17.1. The molecule has 8 nitrogen and oxygen atoms in total. The van der Waals surface area contributed by atoms with Crippen LogP contribution >= 0.6 is 0 Å². The third kappa shape index (κ3) is 4.11. The number of halogens is 3. The second kappa shape index (κ2) is 7.83.